The molecule has 0 radical (unpaired) electrons. The maximum Gasteiger partial charge on any atom is 0.416 e. The molecular formula is C16H13F3N2O3. The zero-order chi connectivity index (χ0) is 17.7. The summed E-state index contributed by atoms with van der Waals surface area (Å²) >= 11 is 0. The van der Waals surface area contributed by atoms with E-state index in [1.165, 1.54) is 24.3 Å². The Labute approximate surface area is 135 Å². The van der Waals surface area contributed by atoms with Crippen LogP contribution in [0.5, 0.6) is 0 Å². The number of anilines is 2. The number of hydrogen-bond donors (Lipinski definition) is 2. The van der Waals surface area contributed by atoms with Gasteiger partial charge in [-0.3, -0.25) is 4.79 Å². The Morgan fingerprint density at radius 2 is 1.79 bits per heavy atom. The Hall–Kier alpha value is -3.03. The fraction of sp³-hybridized carbons (Fsp3) is 0.125. The van der Waals surface area contributed by atoms with Gasteiger partial charge in [0, 0.05) is 5.69 Å². The van der Waals surface area contributed by atoms with Crippen molar-refractivity contribution in [3.05, 3.63) is 59.7 Å². The van der Waals surface area contributed by atoms with Crippen LogP contribution in [0.2, 0.25) is 0 Å². The van der Waals surface area contributed by atoms with Gasteiger partial charge in [0.2, 0.25) is 0 Å². The number of rotatable bonds is 5. The molecule has 0 unspecified atom stereocenters. The van der Waals surface area contributed by atoms with E-state index >= 15 is 0 Å². The number of primary amides is 1. The summed E-state index contributed by atoms with van der Waals surface area (Å²) in [4.78, 5) is 22.6. The minimum atomic E-state index is -4.47. The van der Waals surface area contributed by atoms with Crippen LogP contribution >= 0.6 is 0 Å². The molecule has 2 rings (SSSR count). The fourth-order valence-corrected chi connectivity index (χ4v) is 1.91. The van der Waals surface area contributed by atoms with Gasteiger partial charge >= 0.3 is 12.1 Å². The maximum atomic E-state index is 12.7. The number of benzene rings is 2. The molecule has 2 aromatic rings. The first-order chi connectivity index (χ1) is 11.3. The predicted molar refractivity (Wildman–Crippen MR) is 80.6 cm³/mol. The number of para-hydroxylation sites is 1. The van der Waals surface area contributed by atoms with Crippen LogP contribution in [0.3, 0.4) is 0 Å². The number of alkyl halides is 3. The first-order valence-electron chi connectivity index (χ1n) is 6.76. The number of nitrogens with two attached hydrogens (primary N) is 1. The van der Waals surface area contributed by atoms with E-state index in [4.69, 9.17) is 10.5 Å². The predicted octanol–water partition coefficient (Wildman–Crippen LogP) is 3.09. The molecule has 1 amide bonds. The smallest absolute Gasteiger partial charge is 0.416 e. The van der Waals surface area contributed by atoms with E-state index in [2.05, 4.69) is 5.32 Å². The normalized spacial score (nSPS) is 11.0. The quantitative estimate of drug-likeness (QED) is 0.821. The van der Waals surface area contributed by atoms with Crippen molar-refractivity contribution in [3.63, 3.8) is 0 Å². The molecule has 0 saturated heterocycles. The minimum Gasteiger partial charge on any atom is -0.452 e. The third-order valence-electron chi connectivity index (χ3n) is 2.96. The van der Waals surface area contributed by atoms with Crippen LogP contribution in [-0.4, -0.2) is 18.5 Å². The number of carbonyl (C=O) groups excluding carboxylic acids is 2. The summed E-state index contributed by atoms with van der Waals surface area (Å²) in [6.45, 7) is -0.587. The van der Waals surface area contributed by atoms with Gasteiger partial charge in [0.15, 0.2) is 6.61 Å². The summed E-state index contributed by atoms with van der Waals surface area (Å²) < 4.78 is 42.9. The number of ether oxygens (including phenoxy) is 1. The van der Waals surface area contributed by atoms with Crippen LogP contribution in [0.4, 0.5) is 24.5 Å². The Kier molecular flexibility index (Phi) is 5.08. The van der Waals surface area contributed by atoms with Gasteiger partial charge in [-0.2, -0.15) is 13.2 Å². The van der Waals surface area contributed by atoms with Crippen molar-refractivity contribution in [2.24, 2.45) is 5.73 Å². The van der Waals surface area contributed by atoms with Gasteiger partial charge in [0.25, 0.3) is 5.91 Å². The Morgan fingerprint density at radius 3 is 2.46 bits per heavy atom. The van der Waals surface area contributed by atoms with Crippen LogP contribution < -0.4 is 11.1 Å². The van der Waals surface area contributed by atoms with Gasteiger partial charge in [-0.1, -0.05) is 18.2 Å². The Morgan fingerprint density at radius 1 is 1.08 bits per heavy atom. The third kappa shape index (κ3) is 4.48. The molecule has 0 bridgehead atoms. The van der Waals surface area contributed by atoms with Gasteiger partial charge in [-0.05, 0) is 30.3 Å². The molecule has 0 atom stereocenters. The summed E-state index contributed by atoms with van der Waals surface area (Å²) in [6, 6.07) is 10.6. The van der Waals surface area contributed by atoms with Gasteiger partial charge in [-0.25, -0.2) is 4.79 Å². The van der Waals surface area contributed by atoms with Crippen molar-refractivity contribution in [3.8, 4) is 0 Å². The van der Waals surface area contributed by atoms with Gasteiger partial charge in [0.05, 0.1) is 16.8 Å². The molecule has 0 saturated carbocycles. The second-order valence-electron chi connectivity index (χ2n) is 4.79. The average Bonchev–Trinajstić information content (AvgIpc) is 2.52. The van der Waals surface area contributed by atoms with E-state index in [0.29, 0.717) is 0 Å². The molecule has 2 aromatic carbocycles. The van der Waals surface area contributed by atoms with Crippen LogP contribution in [0, 0.1) is 0 Å². The van der Waals surface area contributed by atoms with Crippen molar-refractivity contribution in [2.75, 3.05) is 11.9 Å². The highest BCUT2D eigenvalue weighted by Crippen LogP contribution is 2.31. The number of halogens is 3. The lowest BCUT2D eigenvalue weighted by atomic mass is 10.1. The monoisotopic (exact) mass is 338 g/mol. The molecule has 0 spiro atoms. The molecule has 0 aliphatic heterocycles. The molecule has 0 aliphatic carbocycles. The summed E-state index contributed by atoms with van der Waals surface area (Å²) in [5.74, 6) is -1.63. The van der Waals surface area contributed by atoms with Crippen LogP contribution in [0.1, 0.15) is 15.9 Å². The minimum absolute atomic E-state index is 0.0659. The Bertz CT molecular complexity index is 760. The zero-order valence-electron chi connectivity index (χ0n) is 12.3. The number of nitrogens with one attached hydrogen (secondary N) is 1. The van der Waals surface area contributed by atoms with E-state index in [1.54, 1.807) is 12.1 Å². The van der Waals surface area contributed by atoms with Crippen molar-refractivity contribution < 1.29 is 27.5 Å². The number of amides is 1. The lowest BCUT2D eigenvalue weighted by Crippen LogP contribution is -2.21. The topological polar surface area (TPSA) is 81.4 Å². The molecule has 0 heterocycles. The van der Waals surface area contributed by atoms with E-state index < -0.39 is 30.2 Å². The van der Waals surface area contributed by atoms with Crippen LogP contribution in [0.15, 0.2) is 48.5 Å². The molecular weight excluding hydrogens is 325 g/mol. The third-order valence-corrected chi connectivity index (χ3v) is 2.96. The molecule has 0 aromatic heterocycles. The maximum absolute atomic E-state index is 12.7. The van der Waals surface area contributed by atoms with Crippen molar-refractivity contribution in [2.45, 2.75) is 6.18 Å². The highest BCUT2D eigenvalue weighted by molar-refractivity contribution is 5.97. The number of esters is 1. The van der Waals surface area contributed by atoms with E-state index in [9.17, 15) is 22.8 Å². The first kappa shape index (κ1) is 17.3. The van der Waals surface area contributed by atoms with E-state index in [1.807, 2.05) is 0 Å². The number of hydrogen-bond acceptors (Lipinski definition) is 4. The standard InChI is InChI=1S/C16H13F3N2O3/c17-16(18,19)10-4-3-5-11(8-10)21-13-7-2-1-6-12(13)15(23)24-9-14(20)22/h1-8,21H,9H2,(H2,20,22). The van der Waals surface area contributed by atoms with Gasteiger partial charge < -0.3 is 15.8 Å². The molecule has 24 heavy (non-hydrogen) atoms. The number of carbonyl (C=O) groups is 2. The fourth-order valence-electron chi connectivity index (χ4n) is 1.91. The van der Waals surface area contributed by atoms with Crippen molar-refractivity contribution in [1.29, 1.82) is 0 Å². The molecule has 5 nitrogen and oxygen atoms in total. The van der Waals surface area contributed by atoms with E-state index in [-0.39, 0.29) is 16.9 Å². The van der Waals surface area contributed by atoms with Crippen LogP contribution in [-0.2, 0) is 15.7 Å². The van der Waals surface area contributed by atoms with Gasteiger partial charge in [-0.15, -0.1) is 0 Å². The van der Waals surface area contributed by atoms with Crippen molar-refractivity contribution >= 4 is 23.3 Å². The van der Waals surface area contributed by atoms with Crippen molar-refractivity contribution in [1.82, 2.24) is 0 Å². The summed E-state index contributed by atoms with van der Waals surface area (Å²) in [6.07, 6.45) is -4.47. The molecule has 126 valence electrons. The van der Waals surface area contributed by atoms with Gasteiger partial charge in [0.1, 0.15) is 0 Å². The lowest BCUT2D eigenvalue weighted by Gasteiger charge is -2.13. The first-order valence-corrected chi connectivity index (χ1v) is 6.76. The SMILES string of the molecule is NC(=O)COC(=O)c1ccccc1Nc1cccc(C(F)(F)F)c1. The summed E-state index contributed by atoms with van der Waals surface area (Å²) in [7, 11) is 0. The largest absolute Gasteiger partial charge is 0.452 e. The molecule has 8 heteroatoms. The second-order valence-corrected chi connectivity index (χ2v) is 4.79. The average molecular weight is 338 g/mol. The summed E-state index contributed by atoms with van der Waals surface area (Å²) in [5.41, 5.74) is 4.54. The lowest BCUT2D eigenvalue weighted by molar-refractivity contribution is -0.137. The zero-order valence-corrected chi connectivity index (χ0v) is 12.3. The Balaban J connectivity index is 2.25. The highest BCUT2D eigenvalue weighted by atomic mass is 19.4. The molecule has 0 aliphatic rings. The van der Waals surface area contributed by atoms with E-state index in [0.717, 1.165) is 12.1 Å². The van der Waals surface area contributed by atoms with Crippen LogP contribution in [0.25, 0.3) is 0 Å². The molecule has 0 fully saturated rings. The summed E-state index contributed by atoms with van der Waals surface area (Å²) in [5, 5.41) is 2.74. The highest BCUT2D eigenvalue weighted by Gasteiger charge is 2.30. The second kappa shape index (κ2) is 7.03. The molecule has 3 N–H and O–H groups in total.